The van der Waals surface area contributed by atoms with Crippen molar-refractivity contribution in [2.45, 2.75) is 19.3 Å². The first-order chi connectivity index (χ1) is 12.6. The Morgan fingerprint density at radius 1 is 0.769 bits per heavy atom. The number of pyridine rings is 1. The van der Waals surface area contributed by atoms with Gasteiger partial charge in [-0.1, -0.05) is 50.2 Å². The molecule has 0 amide bonds. The summed E-state index contributed by atoms with van der Waals surface area (Å²) in [5, 5.41) is 5.28. The van der Waals surface area contributed by atoms with Gasteiger partial charge < -0.3 is 0 Å². The van der Waals surface area contributed by atoms with Gasteiger partial charge in [0.25, 0.3) is 0 Å². The van der Waals surface area contributed by atoms with Gasteiger partial charge in [-0.05, 0) is 46.2 Å². The molecule has 1 nitrogen and oxygen atoms in total. The van der Waals surface area contributed by atoms with Gasteiger partial charge >= 0.3 is 0 Å². The van der Waals surface area contributed by atoms with E-state index in [9.17, 15) is 0 Å². The molecule has 0 saturated heterocycles. The summed E-state index contributed by atoms with van der Waals surface area (Å²) in [4.78, 5) is 4.87. The highest BCUT2D eigenvalue weighted by Gasteiger charge is 2.33. The Bertz CT molecular complexity index is 1360. The maximum absolute atomic E-state index is 4.87. The Hall–Kier alpha value is -2.71. The number of benzene rings is 3. The number of nitrogens with zero attached hydrogens (tertiary/aromatic N) is 1. The maximum Gasteiger partial charge on any atom is 0.0798 e. The molecule has 2 aromatic heterocycles. The Balaban J connectivity index is 1.92. The van der Waals surface area contributed by atoms with E-state index in [1.54, 1.807) is 0 Å². The molecule has 1 aliphatic rings. The SMILES string of the molecule is CC1(C)c2cc3ccccc3cc2-c2nccc3sc4cccc1c4c23. The number of thiophene rings is 1. The fraction of sp³-hybridized carbons (Fsp3) is 0.125. The summed E-state index contributed by atoms with van der Waals surface area (Å²) in [7, 11) is 0. The number of rotatable bonds is 0. The molecule has 6 rings (SSSR count). The minimum atomic E-state index is -0.0758. The van der Waals surface area contributed by atoms with Crippen LogP contribution in [0.15, 0.2) is 66.9 Å². The molecule has 0 bridgehead atoms. The predicted molar refractivity (Wildman–Crippen MR) is 112 cm³/mol. The zero-order valence-electron chi connectivity index (χ0n) is 14.7. The van der Waals surface area contributed by atoms with Crippen molar-refractivity contribution in [3.8, 4) is 11.3 Å². The van der Waals surface area contributed by atoms with Crippen molar-refractivity contribution in [3.05, 3.63) is 78.0 Å². The third-order valence-corrected chi connectivity index (χ3v) is 7.02. The molecule has 1 aliphatic carbocycles. The van der Waals surface area contributed by atoms with Crippen molar-refractivity contribution < 1.29 is 0 Å². The van der Waals surface area contributed by atoms with Crippen molar-refractivity contribution in [2.75, 3.05) is 0 Å². The topological polar surface area (TPSA) is 12.9 Å². The van der Waals surface area contributed by atoms with Gasteiger partial charge in [0.2, 0.25) is 0 Å². The Labute approximate surface area is 155 Å². The molecule has 0 spiro atoms. The molecule has 0 unspecified atom stereocenters. The zero-order chi connectivity index (χ0) is 17.5. The average molecular weight is 351 g/mol. The van der Waals surface area contributed by atoms with Crippen LogP contribution in [0.5, 0.6) is 0 Å². The molecule has 2 heteroatoms. The van der Waals surface area contributed by atoms with Crippen molar-refractivity contribution >= 4 is 42.3 Å². The molecule has 0 saturated carbocycles. The van der Waals surface area contributed by atoms with E-state index in [0.29, 0.717) is 0 Å². The number of hydrogen-bond acceptors (Lipinski definition) is 2. The first-order valence-corrected chi connectivity index (χ1v) is 9.80. The molecule has 0 aliphatic heterocycles. The molecular formula is C24H17NS. The van der Waals surface area contributed by atoms with Gasteiger partial charge in [-0.2, -0.15) is 0 Å². The van der Waals surface area contributed by atoms with E-state index < -0.39 is 0 Å². The van der Waals surface area contributed by atoms with Crippen molar-refractivity contribution in [3.63, 3.8) is 0 Å². The number of fused-ring (bicyclic) bond motifs is 3. The van der Waals surface area contributed by atoms with Crippen LogP contribution in [0.2, 0.25) is 0 Å². The fourth-order valence-electron chi connectivity index (χ4n) is 4.59. The van der Waals surface area contributed by atoms with E-state index in [-0.39, 0.29) is 5.41 Å². The van der Waals surface area contributed by atoms with Crippen LogP contribution in [-0.4, -0.2) is 4.98 Å². The molecule has 124 valence electrons. The Morgan fingerprint density at radius 2 is 1.54 bits per heavy atom. The van der Waals surface area contributed by atoms with Crippen LogP contribution < -0.4 is 0 Å². The lowest BCUT2D eigenvalue weighted by Crippen LogP contribution is -2.19. The normalized spacial score (nSPS) is 14.8. The zero-order valence-corrected chi connectivity index (χ0v) is 15.5. The molecule has 0 fully saturated rings. The highest BCUT2D eigenvalue weighted by Crippen LogP contribution is 2.51. The summed E-state index contributed by atoms with van der Waals surface area (Å²) >= 11 is 1.88. The second-order valence-electron chi connectivity index (χ2n) is 7.68. The van der Waals surface area contributed by atoms with E-state index >= 15 is 0 Å². The van der Waals surface area contributed by atoms with E-state index in [1.165, 1.54) is 47.6 Å². The highest BCUT2D eigenvalue weighted by atomic mass is 32.1. The first kappa shape index (κ1) is 14.5. The maximum atomic E-state index is 4.87. The van der Waals surface area contributed by atoms with Gasteiger partial charge in [0.05, 0.1) is 5.69 Å². The molecule has 0 radical (unpaired) electrons. The van der Waals surface area contributed by atoms with Crippen molar-refractivity contribution in [1.82, 2.24) is 4.98 Å². The monoisotopic (exact) mass is 351 g/mol. The van der Waals surface area contributed by atoms with Gasteiger partial charge in [-0.3, -0.25) is 4.98 Å². The molecular weight excluding hydrogens is 334 g/mol. The summed E-state index contributed by atoms with van der Waals surface area (Å²) in [6.45, 7) is 4.70. The number of aromatic nitrogens is 1. The van der Waals surface area contributed by atoms with Crippen LogP contribution in [-0.2, 0) is 5.41 Å². The minimum Gasteiger partial charge on any atom is -0.255 e. The lowest BCUT2D eigenvalue weighted by atomic mass is 9.75. The van der Waals surface area contributed by atoms with Crippen molar-refractivity contribution in [1.29, 1.82) is 0 Å². The van der Waals surface area contributed by atoms with Gasteiger partial charge in [0, 0.05) is 37.3 Å². The van der Waals surface area contributed by atoms with E-state index in [0.717, 1.165) is 5.69 Å². The Morgan fingerprint density at radius 3 is 2.38 bits per heavy atom. The molecule has 0 N–H and O–H groups in total. The minimum absolute atomic E-state index is 0.0758. The summed E-state index contributed by atoms with van der Waals surface area (Å²) < 4.78 is 2.69. The summed E-state index contributed by atoms with van der Waals surface area (Å²) in [5.74, 6) is 0. The summed E-state index contributed by atoms with van der Waals surface area (Å²) in [6.07, 6.45) is 1.96. The standard InChI is InChI=1S/C24H17NS/c1-24(2)17-8-5-9-19-21(17)22-20(26-19)10-11-25-23(22)16-12-14-6-3-4-7-15(14)13-18(16)24/h3-13H,1-2H3. The van der Waals surface area contributed by atoms with Crippen LogP contribution >= 0.6 is 11.3 Å². The van der Waals surface area contributed by atoms with Crippen LogP contribution in [0.4, 0.5) is 0 Å². The van der Waals surface area contributed by atoms with Crippen LogP contribution in [0.1, 0.15) is 25.0 Å². The first-order valence-electron chi connectivity index (χ1n) is 8.99. The highest BCUT2D eigenvalue weighted by molar-refractivity contribution is 7.26. The molecule has 0 atom stereocenters. The molecule has 26 heavy (non-hydrogen) atoms. The third-order valence-electron chi connectivity index (χ3n) is 5.90. The second-order valence-corrected chi connectivity index (χ2v) is 8.77. The van der Waals surface area contributed by atoms with E-state index in [2.05, 4.69) is 74.5 Å². The van der Waals surface area contributed by atoms with Crippen molar-refractivity contribution in [2.24, 2.45) is 0 Å². The summed E-state index contributed by atoms with van der Waals surface area (Å²) in [6, 6.07) is 22.3. The van der Waals surface area contributed by atoms with Crippen LogP contribution in [0, 0.1) is 0 Å². The molecule has 5 aromatic rings. The van der Waals surface area contributed by atoms with Crippen LogP contribution in [0.3, 0.4) is 0 Å². The fourth-order valence-corrected chi connectivity index (χ4v) is 5.71. The molecule has 2 heterocycles. The largest absolute Gasteiger partial charge is 0.255 e. The quantitative estimate of drug-likeness (QED) is 0.295. The second kappa shape index (κ2) is 4.72. The predicted octanol–water partition coefficient (Wildman–Crippen LogP) is 6.91. The smallest absolute Gasteiger partial charge is 0.0798 e. The lowest BCUT2D eigenvalue weighted by molar-refractivity contribution is 0.651. The Kier molecular flexibility index (Phi) is 2.62. The van der Waals surface area contributed by atoms with Gasteiger partial charge in [0.15, 0.2) is 0 Å². The van der Waals surface area contributed by atoms with E-state index in [4.69, 9.17) is 4.98 Å². The number of hydrogen-bond donors (Lipinski definition) is 0. The van der Waals surface area contributed by atoms with Gasteiger partial charge in [-0.15, -0.1) is 11.3 Å². The average Bonchev–Trinajstić information content (AvgIpc) is 3.02. The summed E-state index contributed by atoms with van der Waals surface area (Å²) in [5.41, 5.74) is 5.10. The van der Waals surface area contributed by atoms with Gasteiger partial charge in [0.1, 0.15) is 0 Å². The van der Waals surface area contributed by atoms with E-state index in [1.807, 2.05) is 17.5 Å². The van der Waals surface area contributed by atoms with Gasteiger partial charge in [-0.25, -0.2) is 0 Å². The lowest BCUT2D eigenvalue weighted by Gasteiger charge is -2.28. The van der Waals surface area contributed by atoms with Crippen LogP contribution in [0.25, 0.3) is 42.2 Å². The third kappa shape index (κ3) is 1.68. The molecule has 3 aromatic carbocycles.